The average Bonchev–Trinajstić information content (AvgIpc) is 3.20. The van der Waals surface area contributed by atoms with Gasteiger partial charge in [0.2, 0.25) is 5.76 Å². The van der Waals surface area contributed by atoms with Crippen LogP contribution in [0.5, 0.6) is 5.75 Å². The topological polar surface area (TPSA) is 77.8 Å². The summed E-state index contributed by atoms with van der Waals surface area (Å²) in [4.78, 5) is 24.1. The van der Waals surface area contributed by atoms with Gasteiger partial charge >= 0.3 is 5.97 Å². The molecule has 7 heteroatoms. The first kappa shape index (κ1) is 20.5. The molecule has 3 rings (SSSR count). The third-order valence-corrected chi connectivity index (χ3v) is 4.28. The highest BCUT2D eigenvalue weighted by Gasteiger charge is 2.16. The van der Waals surface area contributed by atoms with Crippen LogP contribution >= 0.6 is 11.6 Å². The van der Waals surface area contributed by atoms with Crippen LogP contribution in [0.4, 0.5) is 0 Å². The Balaban J connectivity index is 1.45. The molecule has 0 spiro atoms. The second-order valence-corrected chi connectivity index (χ2v) is 6.72. The van der Waals surface area contributed by atoms with Crippen molar-refractivity contribution < 1.29 is 23.5 Å². The van der Waals surface area contributed by atoms with Gasteiger partial charge < -0.3 is 19.2 Å². The number of nitrogens with one attached hydrogen (secondary N) is 1. The largest absolute Gasteiger partial charge is 0.486 e. The van der Waals surface area contributed by atoms with Crippen molar-refractivity contribution in [3.8, 4) is 5.75 Å². The highest BCUT2D eigenvalue weighted by molar-refractivity contribution is 6.30. The van der Waals surface area contributed by atoms with Crippen molar-refractivity contribution in [1.82, 2.24) is 5.32 Å². The summed E-state index contributed by atoms with van der Waals surface area (Å²) in [7, 11) is 0. The van der Waals surface area contributed by atoms with E-state index in [-0.39, 0.29) is 18.4 Å². The lowest BCUT2D eigenvalue weighted by molar-refractivity contribution is -0.124. The Morgan fingerprint density at radius 1 is 1.07 bits per heavy atom. The number of carbonyl (C=O) groups is 2. The van der Waals surface area contributed by atoms with Gasteiger partial charge in [0, 0.05) is 5.02 Å². The monoisotopic (exact) mass is 413 g/mol. The fourth-order valence-corrected chi connectivity index (χ4v) is 2.78. The van der Waals surface area contributed by atoms with E-state index in [1.165, 1.54) is 6.07 Å². The number of rotatable bonds is 8. The van der Waals surface area contributed by atoms with Crippen LogP contribution in [-0.2, 0) is 16.1 Å². The number of esters is 1. The first-order valence-electron chi connectivity index (χ1n) is 9.00. The first-order chi connectivity index (χ1) is 14.0. The molecule has 0 aliphatic carbocycles. The zero-order valence-corrected chi connectivity index (χ0v) is 16.5. The molecular formula is C22H20ClNO5. The number of ether oxygens (including phenoxy) is 2. The summed E-state index contributed by atoms with van der Waals surface area (Å²) in [6.45, 7) is 1.58. The summed E-state index contributed by atoms with van der Waals surface area (Å²) < 4.78 is 16.0. The highest BCUT2D eigenvalue weighted by atomic mass is 35.5. The Labute approximate surface area is 173 Å². The van der Waals surface area contributed by atoms with Crippen LogP contribution in [0, 0.1) is 0 Å². The molecule has 6 nitrogen and oxygen atoms in total. The maximum Gasteiger partial charge on any atom is 0.374 e. The molecular weight excluding hydrogens is 394 g/mol. The summed E-state index contributed by atoms with van der Waals surface area (Å²) in [5, 5.41) is 3.33. The minimum absolute atomic E-state index is 0.00681. The quantitative estimate of drug-likeness (QED) is 0.548. The zero-order chi connectivity index (χ0) is 20.6. The Morgan fingerprint density at radius 2 is 1.86 bits per heavy atom. The van der Waals surface area contributed by atoms with Crippen LogP contribution in [0.1, 0.15) is 34.8 Å². The molecule has 29 heavy (non-hydrogen) atoms. The molecule has 0 saturated carbocycles. The van der Waals surface area contributed by atoms with E-state index in [9.17, 15) is 9.59 Å². The van der Waals surface area contributed by atoms with Gasteiger partial charge in [0.1, 0.15) is 18.1 Å². The van der Waals surface area contributed by atoms with Crippen LogP contribution in [0.3, 0.4) is 0 Å². The smallest absolute Gasteiger partial charge is 0.374 e. The van der Waals surface area contributed by atoms with Crippen molar-refractivity contribution in [2.24, 2.45) is 0 Å². The van der Waals surface area contributed by atoms with E-state index in [4.69, 9.17) is 25.5 Å². The van der Waals surface area contributed by atoms with Crippen molar-refractivity contribution in [2.75, 3.05) is 6.61 Å². The van der Waals surface area contributed by atoms with Gasteiger partial charge in [0.25, 0.3) is 5.91 Å². The molecule has 1 N–H and O–H groups in total. The molecule has 0 radical (unpaired) electrons. The Bertz CT molecular complexity index is 970. The summed E-state index contributed by atoms with van der Waals surface area (Å²) in [6, 6.07) is 19.3. The standard InChI is InChI=1S/C22H20ClNO5/c1-15(16-6-5-7-17(23)12-16)24-21(25)14-28-22(26)20-11-10-19(29-20)13-27-18-8-3-2-4-9-18/h2-12,15H,13-14H2,1H3,(H,24,25)/t15-/m1/s1. The summed E-state index contributed by atoms with van der Waals surface area (Å²) in [5.41, 5.74) is 0.853. The van der Waals surface area contributed by atoms with E-state index in [2.05, 4.69) is 5.32 Å². The van der Waals surface area contributed by atoms with Gasteiger partial charge in [-0.05, 0) is 48.9 Å². The van der Waals surface area contributed by atoms with Gasteiger partial charge in [-0.1, -0.05) is 41.9 Å². The molecule has 3 aromatic rings. The van der Waals surface area contributed by atoms with E-state index in [1.807, 2.05) is 43.3 Å². The average molecular weight is 414 g/mol. The molecule has 0 fully saturated rings. The number of hydrogen-bond acceptors (Lipinski definition) is 5. The number of hydrogen-bond donors (Lipinski definition) is 1. The molecule has 2 aromatic carbocycles. The maximum absolute atomic E-state index is 12.1. The van der Waals surface area contributed by atoms with E-state index in [0.29, 0.717) is 16.5 Å². The van der Waals surface area contributed by atoms with Gasteiger partial charge in [-0.25, -0.2) is 4.79 Å². The van der Waals surface area contributed by atoms with Crippen molar-refractivity contribution >= 4 is 23.5 Å². The van der Waals surface area contributed by atoms with Crippen LogP contribution < -0.4 is 10.1 Å². The SMILES string of the molecule is C[C@@H](NC(=O)COC(=O)c1ccc(COc2ccccc2)o1)c1cccc(Cl)c1. The summed E-state index contributed by atoms with van der Waals surface area (Å²) >= 11 is 5.95. The molecule has 0 bridgehead atoms. The molecule has 1 atom stereocenters. The van der Waals surface area contributed by atoms with Crippen molar-refractivity contribution in [3.05, 3.63) is 88.8 Å². The van der Waals surface area contributed by atoms with Crippen molar-refractivity contribution in [1.29, 1.82) is 0 Å². The van der Waals surface area contributed by atoms with Gasteiger partial charge in [-0.2, -0.15) is 0 Å². The van der Waals surface area contributed by atoms with Crippen LogP contribution in [-0.4, -0.2) is 18.5 Å². The zero-order valence-electron chi connectivity index (χ0n) is 15.8. The maximum atomic E-state index is 12.1. The van der Waals surface area contributed by atoms with Crippen molar-refractivity contribution in [3.63, 3.8) is 0 Å². The van der Waals surface area contributed by atoms with Crippen LogP contribution in [0.2, 0.25) is 5.02 Å². The fraction of sp³-hybridized carbons (Fsp3) is 0.182. The van der Waals surface area contributed by atoms with E-state index in [1.54, 1.807) is 24.3 Å². The Kier molecular flexibility index (Phi) is 6.92. The number of para-hydroxylation sites is 1. The van der Waals surface area contributed by atoms with E-state index < -0.39 is 18.5 Å². The predicted molar refractivity (Wildman–Crippen MR) is 108 cm³/mol. The van der Waals surface area contributed by atoms with E-state index >= 15 is 0 Å². The lowest BCUT2D eigenvalue weighted by Crippen LogP contribution is -2.31. The van der Waals surface area contributed by atoms with Crippen LogP contribution in [0.15, 0.2) is 71.1 Å². The van der Waals surface area contributed by atoms with Gasteiger partial charge in [0.15, 0.2) is 6.61 Å². The lowest BCUT2D eigenvalue weighted by atomic mass is 10.1. The number of furan rings is 1. The fourth-order valence-electron chi connectivity index (χ4n) is 2.58. The molecule has 1 aromatic heterocycles. The normalized spacial score (nSPS) is 11.5. The lowest BCUT2D eigenvalue weighted by Gasteiger charge is -2.14. The number of amides is 1. The molecule has 150 valence electrons. The molecule has 0 saturated heterocycles. The number of benzene rings is 2. The molecule has 0 aliphatic heterocycles. The first-order valence-corrected chi connectivity index (χ1v) is 9.37. The summed E-state index contributed by atoms with van der Waals surface area (Å²) in [6.07, 6.45) is 0. The second-order valence-electron chi connectivity index (χ2n) is 6.29. The van der Waals surface area contributed by atoms with Gasteiger partial charge in [-0.3, -0.25) is 4.79 Å². The molecule has 1 heterocycles. The Morgan fingerprint density at radius 3 is 2.62 bits per heavy atom. The molecule has 1 amide bonds. The number of carbonyl (C=O) groups excluding carboxylic acids is 2. The third kappa shape index (κ3) is 6.12. The second kappa shape index (κ2) is 9.80. The summed E-state index contributed by atoms with van der Waals surface area (Å²) in [5.74, 6) is 0.0252. The minimum Gasteiger partial charge on any atom is -0.486 e. The molecule has 0 unspecified atom stereocenters. The highest BCUT2D eigenvalue weighted by Crippen LogP contribution is 2.17. The van der Waals surface area contributed by atoms with Gasteiger partial charge in [-0.15, -0.1) is 0 Å². The third-order valence-electron chi connectivity index (χ3n) is 4.05. The number of halogens is 1. The Hall–Kier alpha value is -3.25. The minimum atomic E-state index is -0.721. The van der Waals surface area contributed by atoms with Crippen molar-refractivity contribution in [2.45, 2.75) is 19.6 Å². The van der Waals surface area contributed by atoms with E-state index in [0.717, 1.165) is 5.56 Å². The van der Waals surface area contributed by atoms with Gasteiger partial charge in [0.05, 0.1) is 6.04 Å². The van der Waals surface area contributed by atoms with Crippen LogP contribution in [0.25, 0.3) is 0 Å². The predicted octanol–water partition coefficient (Wildman–Crippen LogP) is 4.55. The molecule has 0 aliphatic rings.